The van der Waals surface area contributed by atoms with Gasteiger partial charge in [0.25, 0.3) is 5.56 Å². The van der Waals surface area contributed by atoms with Crippen molar-refractivity contribution in [2.75, 3.05) is 0 Å². The van der Waals surface area contributed by atoms with E-state index in [0.717, 1.165) is 5.56 Å². The predicted molar refractivity (Wildman–Crippen MR) is 54.2 cm³/mol. The smallest absolute Gasteiger partial charge is 0.261 e. The fourth-order valence-electron chi connectivity index (χ4n) is 1.44. The van der Waals surface area contributed by atoms with E-state index in [0.29, 0.717) is 10.9 Å². The number of hydrogen-bond donors (Lipinski definition) is 0. The highest BCUT2D eigenvalue weighted by molar-refractivity contribution is 5.84. The molecule has 15 heavy (non-hydrogen) atoms. The predicted octanol–water partition coefficient (Wildman–Crippen LogP) is 0.509. The minimum atomic E-state index is -0.156. The van der Waals surface area contributed by atoms with E-state index in [1.807, 2.05) is 6.07 Å². The van der Waals surface area contributed by atoms with Crippen molar-refractivity contribution in [3.63, 3.8) is 0 Å². The van der Waals surface area contributed by atoms with E-state index < -0.39 is 0 Å². The molecule has 2 rings (SSSR count). The van der Waals surface area contributed by atoms with E-state index in [9.17, 15) is 4.79 Å². The number of hydrogen-bond acceptors (Lipinski definition) is 4. The van der Waals surface area contributed by atoms with Crippen LogP contribution >= 0.6 is 0 Å². The monoisotopic (exact) mass is 200 g/mol. The Balaban J connectivity index is 3.09. The fourth-order valence-corrected chi connectivity index (χ4v) is 1.44. The maximum absolute atomic E-state index is 11.8. The maximum atomic E-state index is 11.8. The molecule has 0 radical (unpaired) electrons. The number of nitriles is 1. The molecule has 2 aromatic heterocycles. The van der Waals surface area contributed by atoms with E-state index in [1.54, 1.807) is 14.0 Å². The molecule has 5 heteroatoms. The van der Waals surface area contributed by atoms with Gasteiger partial charge in [-0.3, -0.25) is 4.79 Å². The summed E-state index contributed by atoms with van der Waals surface area (Å²) in [6.07, 6.45) is 2.91. The van der Waals surface area contributed by atoms with Gasteiger partial charge in [0.05, 0.1) is 11.7 Å². The molecule has 0 aromatic carbocycles. The largest absolute Gasteiger partial charge is 0.302 e. The van der Waals surface area contributed by atoms with E-state index >= 15 is 0 Å². The van der Waals surface area contributed by atoms with Crippen molar-refractivity contribution in [3.8, 4) is 6.07 Å². The Morgan fingerprint density at radius 3 is 2.87 bits per heavy atom. The van der Waals surface area contributed by atoms with Crippen LogP contribution < -0.4 is 5.56 Å². The van der Waals surface area contributed by atoms with E-state index in [2.05, 4.69) is 9.97 Å². The summed E-state index contributed by atoms with van der Waals surface area (Å²) in [5.41, 5.74) is 1.14. The molecule has 0 aliphatic heterocycles. The van der Waals surface area contributed by atoms with Gasteiger partial charge in [0, 0.05) is 13.2 Å². The van der Waals surface area contributed by atoms with Crippen LogP contribution in [-0.2, 0) is 7.05 Å². The first-order chi connectivity index (χ1) is 7.15. The summed E-state index contributed by atoms with van der Waals surface area (Å²) in [5.74, 6) is 0. The Labute approximate surface area is 85.6 Å². The SMILES string of the molecule is Cc1cnc(C#N)c2ncn(C)c(=O)c12. The number of aryl methyl sites for hydroxylation is 2. The molecular weight excluding hydrogens is 192 g/mol. The Kier molecular flexibility index (Phi) is 1.97. The number of nitrogens with zero attached hydrogens (tertiary/aromatic N) is 4. The summed E-state index contributed by atoms with van der Waals surface area (Å²) in [7, 11) is 1.63. The highest BCUT2D eigenvalue weighted by atomic mass is 16.1. The van der Waals surface area contributed by atoms with Gasteiger partial charge in [0.1, 0.15) is 11.6 Å². The van der Waals surface area contributed by atoms with Crippen molar-refractivity contribution in [3.05, 3.63) is 34.1 Å². The molecular formula is C10H8N4O. The van der Waals surface area contributed by atoms with Crippen LogP contribution in [0.25, 0.3) is 10.9 Å². The second kappa shape index (κ2) is 3.17. The second-order valence-corrected chi connectivity index (χ2v) is 3.29. The summed E-state index contributed by atoms with van der Waals surface area (Å²) in [4.78, 5) is 19.8. The zero-order valence-corrected chi connectivity index (χ0v) is 8.35. The average molecular weight is 200 g/mol. The van der Waals surface area contributed by atoms with Crippen molar-refractivity contribution in [2.45, 2.75) is 6.92 Å². The maximum Gasteiger partial charge on any atom is 0.261 e. The van der Waals surface area contributed by atoms with Gasteiger partial charge in [-0.25, -0.2) is 9.97 Å². The minimum Gasteiger partial charge on any atom is -0.302 e. The molecule has 0 atom stereocenters. The molecule has 0 aliphatic rings. The quantitative estimate of drug-likeness (QED) is 0.621. The Morgan fingerprint density at radius 2 is 2.20 bits per heavy atom. The molecule has 0 N–H and O–H groups in total. The Hall–Kier alpha value is -2.22. The lowest BCUT2D eigenvalue weighted by Gasteiger charge is -2.03. The molecule has 0 unspecified atom stereocenters. The summed E-state index contributed by atoms with van der Waals surface area (Å²) in [5, 5.41) is 9.29. The lowest BCUT2D eigenvalue weighted by Crippen LogP contribution is -2.18. The molecule has 5 nitrogen and oxygen atoms in total. The third-order valence-electron chi connectivity index (χ3n) is 2.24. The van der Waals surface area contributed by atoms with Crippen molar-refractivity contribution in [1.82, 2.24) is 14.5 Å². The van der Waals surface area contributed by atoms with Crippen LogP contribution in [0.1, 0.15) is 11.3 Å². The Morgan fingerprint density at radius 1 is 1.47 bits per heavy atom. The van der Waals surface area contributed by atoms with Crippen molar-refractivity contribution in [2.24, 2.45) is 7.05 Å². The molecule has 0 saturated carbocycles. The minimum absolute atomic E-state index is 0.156. The van der Waals surface area contributed by atoms with Crippen LogP contribution in [0.4, 0.5) is 0 Å². The number of fused-ring (bicyclic) bond motifs is 1. The third-order valence-corrected chi connectivity index (χ3v) is 2.24. The summed E-state index contributed by atoms with van der Waals surface area (Å²) in [6.45, 7) is 1.78. The van der Waals surface area contributed by atoms with E-state index in [4.69, 9.17) is 5.26 Å². The molecule has 0 saturated heterocycles. The standard InChI is InChI=1S/C10H8N4O/c1-6-4-12-7(3-11)9-8(6)10(15)14(2)5-13-9/h4-5H,1-2H3. The normalized spacial score (nSPS) is 10.2. The van der Waals surface area contributed by atoms with Gasteiger partial charge < -0.3 is 4.57 Å². The van der Waals surface area contributed by atoms with Crippen LogP contribution in [0.2, 0.25) is 0 Å². The number of aromatic nitrogens is 3. The van der Waals surface area contributed by atoms with Gasteiger partial charge in [0.2, 0.25) is 0 Å². The van der Waals surface area contributed by atoms with Crippen LogP contribution in [0.15, 0.2) is 17.3 Å². The van der Waals surface area contributed by atoms with Crippen LogP contribution in [0.3, 0.4) is 0 Å². The molecule has 0 amide bonds. The first kappa shape index (κ1) is 9.34. The van der Waals surface area contributed by atoms with Gasteiger partial charge in [-0.15, -0.1) is 0 Å². The summed E-state index contributed by atoms with van der Waals surface area (Å²) >= 11 is 0. The van der Waals surface area contributed by atoms with Gasteiger partial charge >= 0.3 is 0 Å². The zero-order chi connectivity index (χ0) is 11.0. The van der Waals surface area contributed by atoms with Crippen LogP contribution in [-0.4, -0.2) is 14.5 Å². The highest BCUT2D eigenvalue weighted by Gasteiger charge is 2.10. The lowest BCUT2D eigenvalue weighted by molar-refractivity contribution is 0.840. The van der Waals surface area contributed by atoms with Gasteiger partial charge in [-0.2, -0.15) is 5.26 Å². The molecule has 0 aliphatic carbocycles. The second-order valence-electron chi connectivity index (χ2n) is 3.29. The topological polar surface area (TPSA) is 71.6 Å². The first-order valence-electron chi connectivity index (χ1n) is 4.36. The fraction of sp³-hybridized carbons (Fsp3) is 0.200. The molecule has 0 spiro atoms. The molecule has 0 fully saturated rings. The van der Waals surface area contributed by atoms with Gasteiger partial charge in [-0.05, 0) is 12.5 Å². The van der Waals surface area contributed by atoms with Crippen molar-refractivity contribution < 1.29 is 0 Å². The van der Waals surface area contributed by atoms with E-state index in [1.165, 1.54) is 17.1 Å². The van der Waals surface area contributed by atoms with Gasteiger partial charge in [0.15, 0.2) is 5.69 Å². The molecule has 0 bridgehead atoms. The van der Waals surface area contributed by atoms with Crippen LogP contribution in [0.5, 0.6) is 0 Å². The lowest BCUT2D eigenvalue weighted by atomic mass is 10.1. The van der Waals surface area contributed by atoms with Gasteiger partial charge in [-0.1, -0.05) is 0 Å². The Bertz CT molecular complexity index is 636. The first-order valence-corrected chi connectivity index (χ1v) is 4.36. The average Bonchev–Trinajstić information content (AvgIpc) is 2.24. The summed E-state index contributed by atoms with van der Waals surface area (Å²) in [6, 6.07) is 1.92. The van der Waals surface area contributed by atoms with E-state index in [-0.39, 0.29) is 11.3 Å². The highest BCUT2D eigenvalue weighted by Crippen LogP contribution is 2.13. The van der Waals surface area contributed by atoms with Crippen LogP contribution in [0, 0.1) is 18.3 Å². The molecule has 2 aromatic rings. The van der Waals surface area contributed by atoms with Crippen molar-refractivity contribution >= 4 is 10.9 Å². The zero-order valence-electron chi connectivity index (χ0n) is 8.35. The third kappa shape index (κ3) is 1.27. The van der Waals surface area contributed by atoms with Crippen molar-refractivity contribution in [1.29, 1.82) is 5.26 Å². The number of pyridine rings is 1. The number of rotatable bonds is 0. The summed E-state index contributed by atoms with van der Waals surface area (Å²) < 4.78 is 1.39. The molecule has 2 heterocycles. The molecule has 74 valence electrons.